The van der Waals surface area contributed by atoms with E-state index in [4.69, 9.17) is 0 Å². The zero-order valence-corrected chi connectivity index (χ0v) is 10.7. The first-order chi connectivity index (χ1) is 7.84. The van der Waals surface area contributed by atoms with Gasteiger partial charge >= 0.3 is 0 Å². The lowest BCUT2D eigenvalue weighted by Gasteiger charge is -2.40. The first-order valence-electron chi connectivity index (χ1n) is 5.64. The van der Waals surface area contributed by atoms with Gasteiger partial charge in [0.15, 0.2) is 0 Å². The van der Waals surface area contributed by atoms with Crippen LogP contribution in [0, 0.1) is 11.6 Å². The molecule has 2 atom stereocenters. The second kappa shape index (κ2) is 5.10. The first-order valence-corrected chi connectivity index (χ1v) is 5.64. The highest BCUT2D eigenvalue weighted by molar-refractivity contribution is 5.25. The summed E-state index contributed by atoms with van der Waals surface area (Å²) >= 11 is 0. The molecule has 0 aliphatic heterocycles. The molecule has 4 heteroatoms. The molecule has 1 aromatic rings. The molecule has 0 heterocycles. The quantitative estimate of drug-likeness (QED) is 0.879. The summed E-state index contributed by atoms with van der Waals surface area (Å²) in [5.74, 6) is -1.42. The molecule has 0 bridgehead atoms. The Kier molecular flexibility index (Phi) is 4.22. The number of hydrogen-bond donors (Lipinski definition) is 1. The lowest BCUT2D eigenvalue weighted by molar-refractivity contribution is -0.00333. The Morgan fingerprint density at radius 2 is 1.76 bits per heavy atom. The molecule has 0 spiro atoms. The van der Waals surface area contributed by atoms with Crippen molar-refractivity contribution in [1.29, 1.82) is 0 Å². The molecule has 2 nitrogen and oxygen atoms in total. The Bertz CT molecular complexity index is 375. The van der Waals surface area contributed by atoms with E-state index in [0.29, 0.717) is 6.42 Å². The minimum atomic E-state index is -1.20. The summed E-state index contributed by atoms with van der Waals surface area (Å²) < 4.78 is 27.2. The van der Waals surface area contributed by atoms with Crippen LogP contribution in [-0.4, -0.2) is 29.6 Å². The number of benzene rings is 1. The fourth-order valence-electron chi connectivity index (χ4n) is 1.84. The summed E-state index contributed by atoms with van der Waals surface area (Å²) in [6.45, 7) is 3.66. The minimum absolute atomic E-state index is 0.259. The molecule has 0 radical (unpaired) electrons. The summed E-state index contributed by atoms with van der Waals surface area (Å²) in [4.78, 5) is 1.78. The predicted molar refractivity (Wildman–Crippen MR) is 63.7 cm³/mol. The standard InChI is InChI=1S/C13H19F2NO/c1-5-13(2,16(3)4)12(17)11-9(14)7-6-8-10(11)15/h6-8,12,17H,5H2,1-4H3. The van der Waals surface area contributed by atoms with Gasteiger partial charge in [0.25, 0.3) is 0 Å². The molecule has 0 amide bonds. The summed E-state index contributed by atoms with van der Waals surface area (Å²) in [6, 6.07) is 3.61. The van der Waals surface area contributed by atoms with Crippen LogP contribution in [0.5, 0.6) is 0 Å². The van der Waals surface area contributed by atoms with E-state index in [2.05, 4.69) is 0 Å². The molecule has 1 N–H and O–H groups in total. The number of aliphatic hydroxyl groups is 1. The molecule has 0 aliphatic carbocycles. The van der Waals surface area contributed by atoms with Gasteiger partial charge in [0.1, 0.15) is 17.7 Å². The zero-order chi connectivity index (χ0) is 13.2. The van der Waals surface area contributed by atoms with Crippen molar-refractivity contribution in [3.63, 3.8) is 0 Å². The molecular weight excluding hydrogens is 224 g/mol. The normalized spacial score (nSPS) is 16.9. The number of halogens is 2. The molecule has 0 fully saturated rings. The molecule has 1 aromatic carbocycles. The molecule has 17 heavy (non-hydrogen) atoms. The third kappa shape index (κ3) is 2.48. The van der Waals surface area contributed by atoms with E-state index in [-0.39, 0.29) is 5.56 Å². The van der Waals surface area contributed by atoms with Crippen LogP contribution in [0.2, 0.25) is 0 Å². The van der Waals surface area contributed by atoms with Crippen LogP contribution in [-0.2, 0) is 0 Å². The van der Waals surface area contributed by atoms with Crippen molar-refractivity contribution in [3.8, 4) is 0 Å². The van der Waals surface area contributed by atoms with Crippen LogP contribution in [0.3, 0.4) is 0 Å². The van der Waals surface area contributed by atoms with Gasteiger partial charge in [-0.2, -0.15) is 0 Å². The fourth-order valence-corrected chi connectivity index (χ4v) is 1.84. The Morgan fingerprint density at radius 1 is 1.29 bits per heavy atom. The van der Waals surface area contributed by atoms with E-state index in [1.165, 1.54) is 6.07 Å². The number of hydrogen-bond acceptors (Lipinski definition) is 2. The zero-order valence-electron chi connectivity index (χ0n) is 10.7. The highest BCUT2D eigenvalue weighted by Gasteiger charge is 2.37. The summed E-state index contributed by atoms with van der Waals surface area (Å²) in [5, 5.41) is 10.2. The maximum absolute atomic E-state index is 13.6. The van der Waals surface area contributed by atoms with E-state index in [9.17, 15) is 13.9 Å². The van der Waals surface area contributed by atoms with Gasteiger partial charge in [-0.05, 0) is 39.6 Å². The second-order valence-corrected chi connectivity index (χ2v) is 4.64. The van der Waals surface area contributed by atoms with Gasteiger partial charge in [-0.3, -0.25) is 0 Å². The van der Waals surface area contributed by atoms with E-state index in [0.717, 1.165) is 12.1 Å². The summed E-state index contributed by atoms with van der Waals surface area (Å²) in [7, 11) is 3.57. The number of rotatable bonds is 4. The van der Waals surface area contributed by atoms with Gasteiger partial charge in [-0.25, -0.2) is 8.78 Å². The van der Waals surface area contributed by atoms with Crippen molar-refractivity contribution in [2.24, 2.45) is 0 Å². The monoisotopic (exact) mass is 243 g/mol. The number of likely N-dealkylation sites (N-methyl/N-ethyl adjacent to an activating group) is 1. The lowest BCUT2D eigenvalue weighted by Crippen LogP contribution is -2.46. The Balaban J connectivity index is 3.24. The van der Waals surface area contributed by atoms with Crippen LogP contribution >= 0.6 is 0 Å². The van der Waals surface area contributed by atoms with Crippen molar-refractivity contribution < 1.29 is 13.9 Å². The van der Waals surface area contributed by atoms with Gasteiger partial charge in [0.2, 0.25) is 0 Å². The minimum Gasteiger partial charge on any atom is -0.386 e. The third-order valence-electron chi connectivity index (χ3n) is 3.60. The molecule has 2 unspecified atom stereocenters. The molecule has 0 aliphatic rings. The average Bonchev–Trinajstić information content (AvgIpc) is 2.27. The lowest BCUT2D eigenvalue weighted by atomic mass is 9.85. The summed E-state index contributed by atoms with van der Waals surface area (Å²) in [5.41, 5.74) is -0.964. The van der Waals surface area contributed by atoms with Crippen LogP contribution < -0.4 is 0 Å². The van der Waals surface area contributed by atoms with Crippen LogP contribution in [0.25, 0.3) is 0 Å². The van der Waals surface area contributed by atoms with E-state index in [1.807, 2.05) is 6.92 Å². The predicted octanol–water partition coefficient (Wildman–Crippen LogP) is 2.73. The Labute approximate surface area is 101 Å². The van der Waals surface area contributed by atoms with E-state index < -0.39 is 23.3 Å². The third-order valence-corrected chi connectivity index (χ3v) is 3.60. The van der Waals surface area contributed by atoms with Gasteiger partial charge in [0, 0.05) is 5.54 Å². The maximum atomic E-state index is 13.6. The topological polar surface area (TPSA) is 23.5 Å². The number of aliphatic hydroxyl groups excluding tert-OH is 1. The molecule has 0 saturated carbocycles. The number of nitrogens with zero attached hydrogens (tertiary/aromatic N) is 1. The average molecular weight is 243 g/mol. The van der Waals surface area contributed by atoms with Crippen LogP contribution in [0.15, 0.2) is 18.2 Å². The van der Waals surface area contributed by atoms with Gasteiger partial charge in [0.05, 0.1) is 5.56 Å². The molecule has 0 saturated heterocycles. The van der Waals surface area contributed by atoms with Gasteiger partial charge < -0.3 is 10.0 Å². The van der Waals surface area contributed by atoms with Crippen LogP contribution in [0.1, 0.15) is 31.9 Å². The van der Waals surface area contributed by atoms with Gasteiger partial charge in [-0.15, -0.1) is 0 Å². The van der Waals surface area contributed by atoms with Crippen molar-refractivity contribution >= 4 is 0 Å². The summed E-state index contributed by atoms with van der Waals surface area (Å²) in [6.07, 6.45) is -0.627. The highest BCUT2D eigenvalue weighted by atomic mass is 19.1. The van der Waals surface area contributed by atoms with E-state index >= 15 is 0 Å². The Hall–Kier alpha value is -1.00. The molecule has 0 aromatic heterocycles. The van der Waals surface area contributed by atoms with Crippen molar-refractivity contribution in [3.05, 3.63) is 35.4 Å². The van der Waals surface area contributed by atoms with Crippen LogP contribution in [0.4, 0.5) is 8.78 Å². The maximum Gasteiger partial charge on any atom is 0.132 e. The van der Waals surface area contributed by atoms with Crippen molar-refractivity contribution in [2.45, 2.75) is 31.9 Å². The molecule has 1 rings (SSSR count). The largest absolute Gasteiger partial charge is 0.386 e. The van der Waals surface area contributed by atoms with Gasteiger partial charge in [-0.1, -0.05) is 13.0 Å². The first kappa shape index (κ1) is 14.1. The van der Waals surface area contributed by atoms with Crippen molar-refractivity contribution in [1.82, 2.24) is 4.90 Å². The Morgan fingerprint density at radius 3 is 2.12 bits per heavy atom. The highest BCUT2D eigenvalue weighted by Crippen LogP contribution is 2.34. The SMILES string of the molecule is CCC(C)(C(O)c1c(F)cccc1F)N(C)C. The van der Waals surface area contributed by atoms with Crippen molar-refractivity contribution in [2.75, 3.05) is 14.1 Å². The molecule has 96 valence electrons. The fraction of sp³-hybridized carbons (Fsp3) is 0.538. The smallest absolute Gasteiger partial charge is 0.132 e. The molecular formula is C13H19F2NO. The second-order valence-electron chi connectivity index (χ2n) is 4.64. The van der Waals surface area contributed by atoms with E-state index in [1.54, 1.807) is 25.9 Å².